The summed E-state index contributed by atoms with van der Waals surface area (Å²) in [5, 5.41) is 0. The molecule has 0 spiro atoms. The Morgan fingerprint density at radius 3 is 2.48 bits per heavy atom. The molecule has 1 aromatic carbocycles. The van der Waals surface area contributed by atoms with Crippen LogP contribution in [0.25, 0.3) is 0 Å². The maximum Gasteiger partial charge on any atom is 0.573 e. The number of ether oxygens (including phenoxy) is 2. The highest BCUT2D eigenvalue weighted by molar-refractivity contribution is 7.89. The number of nitrogens with one attached hydrogen (secondary N) is 1. The third-order valence-corrected chi connectivity index (χ3v) is 4.33. The van der Waals surface area contributed by atoms with Crippen molar-refractivity contribution in [2.24, 2.45) is 0 Å². The topological polar surface area (TPSA) is 64.6 Å². The predicted molar refractivity (Wildman–Crippen MR) is 67.3 cm³/mol. The highest BCUT2D eigenvalue weighted by Gasteiger charge is 2.31. The van der Waals surface area contributed by atoms with E-state index in [4.69, 9.17) is 4.74 Å². The summed E-state index contributed by atoms with van der Waals surface area (Å²) in [7, 11) is -3.78. The minimum Gasteiger partial charge on any atom is -0.406 e. The molecular formula is C12H14F3NO4S. The maximum atomic E-state index is 12.0. The van der Waals surface area contributed by atoms with Crippen LogP contribution in [0.4, 0.5) is 13.2 Å². The summed E-state index contributed by atoms with van der Waals surface area (Å²) in [4.78, 5) is -0.130. The molecule has 9 heteroatoms. The first-order chi connectivity index (χ1) is 9.76. The smallest absolute Gasteiger partial charge is 0.406 e. The number of hydrogen-bond donors (Lipinski definition) is 1. The van der Waals surface area contributed by atoms with Crippen LogP contribution < -0.4 is 9.46 Å². The van der Waals surface area contributed by atoms with Gasteiger partial charge in [-0.3, -0.25) is 0 Å². The van der Waals surface area contributed by atoms with Crippen molar-refractivity contribution in [3.8, 4) is 5.75 Å². The van der Waals surface area contributed by atoms with Crippen LogP contribution in [-0.2, 0) is 14.8 Å². The molecule has 1 N–H and O–H groups in total. The molecule has 5 nitrogen and oxygen atoms in total. The van der Waals surface area contributed by atoms with Crippen LogP contribution in [-0.4, -0.2) is 34.0 Å². The summed E-state index contributed by atoms with van der Waals surface area (Å²) in [6, 6.07) is 4.01. The summed E-state index contributed by atoms with van der Waals surface area (Å²) < 4.78 is 71.2. The minimum absolute atomic E-state index is 0.130. The van der Waals surface area contributed by atoms with Crippen molar-refractivity contribution in [3.05, 3.63) is 24.3 Å². The van der Waals surface area contributed by atoms with Gasteiger partial charge in [0.1, 0.15) is 5.75 Å². The van der Waals surface area contributed by atoms with Gasteiger partial charge in [-0.05, 0) is 37.1 Å². The van der Waals surface area contributed by atoms with Crippen LogP contribution in [0.15, 0.2) is 29.2 Å². The first kappa shape index (κ1) is 16.1. The number of rotatable bonds is 5. The van der Waals surface area contributed by atoms with Crippen LogP contribution in [0.2, 0.25) is 0 Å². The molecule has 0 radical (unpaired) electrons. The zero-order valence-electron chi connectivity index (χ0n) is 10.9. The number of alkyl halides is 3. The van der Waals surface area contributed by atoms with Gasteiger partial charge in [0.15, 0.2) is 0 Å². The summed E-state index contributed by atoms with van der Waals surface area (Å²) >= 11 is 0. The van der Waals surface area contributed by atoms with Crippen molar-refractivity contribution in [2.45, 2.75) is 30.2 Å². The number of halogens is 3. The van der Waals surface area contributed by atoms with Crippen molar-refractivity contribution in [1.82, 2.24) is 4.72 Å². The lowest BCUT2D eigenvalue weighted by molar-refractivity contribution is -0.274. The Bertz CT molecular complexity index is 565. The van der Waals surface area contributed by atoms with E-state index in [9.17, 15) is 21.6 Å². The van der Waals surface area contributed by atoms with E-state index in [1.54, 1.807) is 0 Å². The molecule has 0 bridgehead atoms. The van der Waals surface area contributed by atoms with Gasteiger partial charge in [-0.1, -0.05) is 0 Å². The lowest BCUT2D eigenvalue weighted by Gasteiger charge is -2.12. The number of hydrogen-bond acceptors (Lipinski definition) is 4. The highest BCUT2D eigenvalue weighted by Crippen LogP contribution is 2.23. The van der Waals surface area contributed by atoms with E-state index >= 15 is 0 Å². The van der Waals surface area contributed by atoms with Gasteiger partial charge >= 0.3 is 6.36 Å². The summed E-state index contributed by atoms with van der Waals surface area (Å²) in [6.07, 6.45) is -3.30. The Labute approximate surface area is 120 Å². The third kappa shape index (κ3) is 4.87. The Kier molecular flexibility index (Phi) is 4.74. The maximum absolute atomic E-state index is 12.0. The van der Waals surface area contributed by atoms with Crippen LogP contribution in [0.1, 0.15) is 12.8 Å². The van der Waals surface area contributed by atoms with E-state index < -0.39 is 22.1 Å². The van der Waals surface area contributed by atoms with Crippen LogP contribution in [0.3, 0.4) is 0 Å². The third-order valence-electron chi connectivity index (χ3n) is 2.89. The van der Waals surface area contributed by atoms with Crippen molar-refractivity contribution in [2.75, 3.05) is 13.2 Å². The van der Waals surface area contributed by atoms with E-state index in [-0.39, 0.29) is 17.5 Å². The number of sulfonamides is 1. The first-order valence-corrected chi connectivity index (χ1v) is 7.72. The van der Waals surface area contributed by atoms with E-state index in [2.05, 4.69) is 9.46 Å². The van der Waals surface area contributed by atoms with Crippen LogP contribution in [0, 0.1) is 0 Å². The molecule has 0 aliphatic carbocycles. The molecule has 1 atom stereocenters. The van der Waals surface area contributed by atoms with E-state index in [0.29, 0.717) is 6.61 Å². The average Bonchev–Trinajstić information content (AvgIpc) is 2.88. The largest absolute Gasteiger partial charge is 0.573 e. The van der Waals surface area contributed by atoms with Crippen molar-refractivity contribution in [3.63, 3.8) is 0 Å². The molecular weight excluding hydrogens is 311 g/mol. The second kappa shape index (κ2) is 6.20. The second-order valence-corrected chi connectivity index (χ2v) is 6.27. The molecule has 2 rings (SSSR count). The van der Waals surface area contributed by atoms with Crippen molar-refractivity contribution < 1.29 is 31.1 Å². The molecule has 0 amide bonds. The Morgan fingerprint density at radius 1 is 1.29 bits per heavy atom. The lowest BCUT2D eigenvalue weighted by atomic mass is 10.2. The molecule has 0 aromatic heterocycles. The molecule has 1 saturated heterocycles. The molecule has 0 saturated carbocycles. The molecule has 1 aliphatic rings. The Balaban J connectivity index is 1.99. The first-order valence-electron chi connectivity index (χ1n) is 6.23. The fourth-order valence-corrected chi connectivity index (χ4v) is 2.98. The fourth-order valence-electron chi connectivity index (χ4n) is 1.91. The van der Waals surface area contributed by atoms with Crippen LogP contribution in [0.5, 0.6) is 5.75 Å². The van der Waals surface area contributed by atoms with Gasteiger partial charge in [-0.2, -0.15) is 0 Å². The molecule has 118 valence electrons. The zero-order valence-corrected chi connectivity index (χ0v) is 11.7. The second-order valence-electron chi connectivity index (χ2n) is 4.51. The van der Waals surface area contributed by atoms with Gasteiger partial charge < -0.3 is 9.47 Å². The predicted octanol–water partition coefficient (Wildman–Crippen LogP) is 2.04. The van der Waals surface area contributed by atoms with Gasteiger partial charge in [0.25, 0.3) is 0 Å². The van der Waals surface area contributed by atoms with Gasteiger partial charge in [-0.25, -0.2) is 13.1 Å². The van der Waals surface area contributed by atoms with Crippen molar-refractivity contribution >= 4 is 10.0 Å². The fraction of sp³-hybridized carbons (Fsp3) is 0.500. The molecule has 0 unspecified atom stereocenters. The van der Waals surface area contributed by atoms with Crippen LogP contribution >= 0.6 is 0 Å². The van der Waals surface area contributed by atoms with Gasteiger partial charge in [0.2, 0.25) is 10.0 Å². The Morgan fingerprint density at radius 2 is 1.95 bits per heavy atom. The molecule has 21 heavy (non-hydrogen) atoms. The van der Waals surface area contributed by atoms with E-state index in [0.717, 1.165) is 37.1 Å². The minimum atomic E-state index is -4.81. The van der Waals surface area contributed by atoms with Gasteiger partial charge in [-0.15, -0.1) is 13.2 Å². The molecule has 1 aromatic rings. The Hall–Kier alpha value is -1.32. The zero-order chi connectivity index (χ0) is 15.5. The van der Waals surface area contributed by atoms with E-state index in [1.807, 2.05) is 0 Å². The summed E-state index contributed by atoms with van der Waals surface area (Å²) in [5.41, 5.74) is 0. The van der Waals surface area contributed by atoms with Crippen molar-refractivity contribution in [1.29, 1.82) is 0 Å². The lowest BCUT2D eigenvalue weighted by Crippen LogP contribution is -2.31. The van der Waals surface area contributed by atoms with E-state index in [1.165, 1.54) is 0 Å². The molecule has 1 aliphatic heterocycles. The summed E-state index contributed by atoms with van der Waals surface area (Å²) in [6.45, 7) is 0.749. The molecule has 1 fully saturated rings. The standard InChI is InChI=1S/C12H14F3NO4S/c13-12(14,15)20-9-3-5-11(6-4-9)21(17,18)16-8-10-2-1-7-19-10/h3-6,10,16H,1-2,7-8H2/t10-/m1/s1. The quantitative estimate of drug-likeness (QED) is 0.900. The SMILES string of the molecule is O=S(=O)(NC[C@H]1CCCO1)c1ccc(OC(F)(F)F)cc1. The monoisotopic (exact) mass is 325 g/mol. The molecule has 1 heterocycles. The highest BCUT2D eigenvalue weighted by atomic mass is 32.2. The normalized spacial score (nSPS) is 19.7. The average molecular weight is 325 g/mol. The summed E-state index contributed by atoms with van der Waals surface area (Å²) in [5.74, 6) is -0.472. The van der Waals surface area contributed by atoms with Gasteiger partial charge in [0, 0.05) is 13.2 Å². The number of benzene rings is 1. The van der Waals surface area contributed by atoms with Gasteiger partial charge in [0.05, 0.1) is 11.0 Å².